The zero-order valence-electron chi connectivity index (χ0n) is 18.5. The fourth-order valence-electron chi connectivity index (χ4n) is 4.46. The van der Waals surface area contributed by atoms with Crippen molar-refractivity contribution in [1.29, 1.82) is 0 Å². The number of aromatic hydroxyl groups is 1. The van der Waals surface area contributed by atoms with Crippen molar-refractivity contribution >= 4 is 11.8 Å². The predicted octanol–water partition coefficient (Wildman–Crippen LogP) is 0.832. The van der Waals surface area contributed by atoms with Gasteiger partial charge in [0.1, 0.15) is 11.7 Å². The topological polar surface area (TPSA) is 128 Å². The first-order valence-electron chi connectivity index (χ1n) is 11.1. The van der Waals surface area contributed by atoms with E-state index in [9.17, 15) is 33.4 Å². The first-order valence-corrected chi connectivity index (χ1v) is 11.1. The van der Waals surface area contributed by atoms with Crippen LogP contribution in [0.5, 0.6) is 5.75 Å². The Kier molecular flexibility index (Phi) is 6.51. The minimum absolute atomic E-state index is 0.0993. The second kappa shape index (κ2) is 9.37. The van der Waals surface area contributed by atoms with Gasteiger partial charge in [0.15, 0.2) is 11.4 Å². The average molecular weight is 477 g/mol. The predicted molar refractivity (Wildman–Crippen MR) is 116 cm³/mol. The molecule has 4 heterocycles. The second-order valence-electron chi connectivity index (χ2n) is 8.31. The van der Waals surface area contributed by atoms with Gasteiger partial charge in [0.2, 0.25) is 17.3 Å². The van der Waals surface area contributed by atoms with E-state index in [0.29, 0.717) is 19.4 Å². The molecule has 1 saturated heterocycles. The van der Waals surface area contributed by atoms with Crippen LogP contribution in [0, 0.1) is 11.9 Å². The van der Waals surface area contributed by atoms with Crippen molar-refractivity contribution < 1.29 is 28.6 Å². The lowest BCUT2D eigenvalue weighted by atomic mass is 10.0. The molecule has 0 radical (unpaired) electrons. The van der Waals surface area contributed by atoms with E-state index in [1.54, 1.807) is 11.9 Å². The van der Waals surface area contributed by atoms with Gasteiger partial charge in [0.05, 0.1) is 12.6 Å². The summed E-state index contributed by atoms with van der Waals surface area (Å²) in [5, 5.41) is 25.1. The lowest BCUT2D eigenvalue weighted by Crippen LogP contribution is -2.63. The quantitative estimate of drug-likeness (QED) is 0.557. The summed E-state index contributed by atoms with van der Waals surface area (Å²) in [5.41, 5.74) is -1.92. The summed E-state index contributed by atoms with van der Waals surface area (Å²) in [6, 6.07) is 2.04. The van der Waals surface area contributed by atoms with E-state index < -0.39 is 52.7 Å². The number of halogens is 2. The van der Waals surface area contributed by atoms with Gasteiger partial charge in [-0.2, -0.15) is 13.8 Å². The van der Waals surface area contributed by atoms with E-state index >= 15 is 0 Å². The largest absolute Gasteiger partial charge is 0.502 e. The standard InChI is InChI=1S/C22H25F2N5O5/c1-2-27-16-6-4-3-5-13(30)10-28(16)29-11-14(18(31)19(32)17(29)22(27)34)21(33)25-9-12-7-8-15(23)26-20(12)24/h7-8,11,13,16,30,32H,2-6,9-10H2,1H3,(H,25,33)/t13-,16-/m0/s1. The number of fused-ring (bicyclic) bond motifs is 3. The molecule has 0 spiro atoms. The summed E-state index contributed by atoms with van der Waals surface area (Å²) >= 11 is 0. The zero-order chi connectivity index (χ0) is 24.6. The normalized spacial score (nSPS) is 20.3. The second-order valence-corrected chi connectivity index (χ2v) is 8.31. The molecule has 2 aliphatic heterocycles. The summed E-state index contributed by atoms with van der Waals surface area (Å²) in [6.07, 6.45) is 2.72. The highest BCUT2D eigenvalue weighted by atomic mass is 19.1. The average Bonchev–Trinajstić information content (AvgIpc) is 2.78. The molecule has 1 fully saturated rings. The third-order valence-electron chi connectivity index (χ3n) is 6.17. The Morgan fingerprint density at radius 2 is 1.97 bits per heavy atom. The molecule has 10 nitrogen and oxygen atoms in total. The SMILES string of the molecule is CCN1C(=O)c2c(O)c(=O)c(C(=O)NCc3ccc(F)nc3F)cn2N2C[C@@H](O)CCCC[C@@H]12. The summed E-state index contributed by atoms with van der Waals surface area (Å²) in [7, 11) is 0. The van der Waals surface area contributed by atoms with E-state index in [2.05, 4.69) is 10.3 Å². The number of pyridine rings is 2. The first-order chi connectivity index (χ1) is 16.2. The number of amides is 2. The van der Waals surface area contributed by atoms with E-state index in [1.165, 1.54) is 9.58 Å². The van der Waals surface area contributed by atoms with E-state index in [4.69, 9.17) is 0 Å². The minimum Gasteiger partial charge on any atom is -0.502 e. The smallest absolute Gasteiger partial charge is 0.278 e. The van der Waals surface area contributed by atoms with Crippen LogP contribution < -0.4 is 15.8 Å². The van der Waals surface area contributed by atoms with Crippen molar-refractivity contribution in [2.75, 3.05) is 18.1 Å². The number of nitrogens with zero attached hydrogens (tertiary/aromatic N) is 4. The van der Waals surface area contributed by atoms with Crippen LogP contribution in [0.25, 0.3) is 0 Å². The highest BCUT2D eigenvalue weighted by molar-refractivity contribution is 5.99. The number of rotatable bonds is 4. The van der Waals surface area contributed by atoms with Crippen molar-refractivity contribution in [3.05, 3.63) is 57.3 Å². The molecule has 182 valence electrons. The molecule has 3 N–H and O–H groups in total. The van der Waals surface area contributed by atoms with Crippen LogP contribution >= 0.6 is 0 Å². The van der Waals surface area contributed by atoms with Crippen molar-refractivity contribution in [3.63, 3.8) is 0 Å². The summed E-state index contributed by atoms with van der Waals surface area (Å²) < 4.78 is 28.1. The molecule has 4 rings (SSSR count). The van der Waals surface area contributed by atoms with Gasteiger partial charge in [0.25, 0.3) is 11.8 Å². The maximum atomic E-state index is 13.8. The van der Waals surface area contributed by atoms with Gasteiger partial charge in [-0.05, 0) is 38.3 Å². The van der Waals surface area contributed by atoms with Gasteiger partial charge < -0.3 is 20.4 Å². The van der Waals surface area contributed by atoms with Crippen LogP contribution in [0.2, 0.25) is 0 Å². The Bertz CT molecular complexity index is 1190. The Hall–Kier alpha value is -3.54. The number of carbonyl (C=O) groups excluding carboxylic acids is 2. The Morgan fingerprint density at radius 3 is 2.68 bits per heavy atom. The van der Waals surface area contributed by atoms with Crippen molar-refractivity contribution in [3.8, 4) is 5.75 Å². The highest BCUT2D eigenvalue weighted by Gasteiger charge is 2.40. The maximum Gasteiger partial charge on any atom is 0.278 e. The molecular formula is C22H25F2N5O5. The number of aromatic nitrogens is 2. The van der Waals surface area contributed by atoms with Crippen LogP contribution in [-0.2, 0) is 6.54 Å². The summed E-state index contributed by atoms with van der Waals surface area (Å²) in [5.74, 6) is -4.48. The molecule has 34 heavy (non-hydrogen) atoms. The number of hydrogen-bond donors (Lipinski definition) is 3. The Balaban J connectivity index is 1.72. The third-order valence-corrected chi connectivity index (χ3v) is 6.17. The summed E-state index contributed by atoms with van der Waals surface area (Å²) in [6.45, 7) is 1.84. The molecule has 2 aliphatic rings. The summed E-state index contributed by atoms with van der Waals surface area (Å²) in [4.78, 5) is 43.3. The lowest BCUT2D eigenvalue weighted by molar-refractivity contribution is 0.0489. The Morgan fingerprint density at radius 1 is 1.24 bits per heavy atom. The zero-order valence-corrected chi connectivity index (χ0v) is 18.5. The molecular weight excluding hydrogens is 452 g/mol. The van der Waals surface area contributed by atoms with Crippen molar-refractivity contribution in [1.82, 2.24) is 19.9 Å². The van der Waals surface area contributed by atoms with E-state index in [1.807, 2.05) is 0 Å². The maximum absolute atomic E-state index is 13.8. The number of nitrogens with one attached hydrogen (secondary N) is 1. The van der Waals surface area contributed by atoms with E-state index in [-0.39, 0.29) is 24.3 Å². The Labute approximate surface area is 193 Å². The third kappa shape index (κ3) is 4.20. The van der Waals surface area contributed by atoms with Gasteiger partial charge >= 0.3 is 0 Å². The lowest BCUT2D eigenvalue weighted by Gasteiger charge is -2.48. The monoisotopic (exact) mass is 477 g/mol. The molecule has 2 atom stereocenters. The number of hydrogen-bond acceptors (Lipinski definition) is 7. The molecule has 0 aliphatic carbocycles. The van der Waals surface area contributed by atoms with Crippen LogP contribution in [0.3, 0.4) is 0 Å². The van der Waals surface area contributed by atoms with Crippen LogP contribution in [-0.4, -0.2) is 61.9 Å². The van der Waals surface area contributed by atoms with Crippen molar-refractivity contribution in [2.24, 2.45) is 0 Å². The molecule has 0 saturated carbocycles. The molecule has 2 amide bonds. The number of carbonyl (C=O) groups is 2. The van der Waals surface area contributed by atoms with Gasteiger partial charge in [-0.1, -0.05) is 6.42 Å². The van der Waals surface area contributed by atoms with Crippen LogP contribution in [0.4, 0.5) is 8.78 Å². The highest BCUT2D eigenvalue weighted by Crippen LogP contribution is 2.29. The van der Waals surface area contributed by atoms with Crippen LogP contribution in [0.1, 0.15) is 59.0 Å². The molecule has 2 aromatic heterocycles. The van der Waals surface area contributed by atoms with Gasteiger partial charge in [-0.25, -0.2) is 0 Å². The van der Waals surface area contributed by atoms with Gasteiger partial charge in [-0.3, -0.25) is 24.1 Å². The molecule has 0 bridgehead atoms. The van der Waals surface area contributed by atoms with Gasteiger partial charge in [0, 0.05) is 24.8 Å². The number of aliphatic hydroxyl groups excluding tert-OH is 1. The first kappa shape index (κ1) is 23.6. The fourth-order valence-corrected chi connectivity index (χ4v) is 4.46. The molecule has 0 unspecified atom stereocenters. The van der Waals surface area contributed by atoms with E-state index in [0.717, 1.165) is 31.2 Å². The van der Waals surface area contributed by atoms with Gasteiger partial charge in [-0.15, -0.1) is 0 Å². The number of aliphatic hydroxyl groups is 1. The molecule has 12 heteroatoms. The minimum atomic E-state index is -1.10. The van der Waals surface area contributed by atoms with Crippen LogP contribution in [0.15, 0.2) is 23.1 Å². The molecule has 2 aromatic rings. The molecule has 0 aromatic carbocycles. The van der Waals surface area contributed by atoms with Crippen molar-refractivity contribution in [2.45, 2.75) is 51.4 Å². The fraction of sp³-hybridized carbons (Fsp3) is 0.455.